The number of rotatable bonds is 2. The van der Waals surface area contributed by atoms with Gasteiger partial charge in [-0.15, -0.1) is 0 Å². The lowest BCUT2D eigenvalue weighted by molar-refractivity contribution is -0.142. The fraction of sp³-hybridized carbons (Fsp3) is 0.640. The van der Waals surface area contributed by atoms with E-state index in [4.69, 9.17) is 9.47 Å². The Bertz CT molecular complexity index is 854. The fourth-order valence-electron chi connectivity index (χ4n) is 5.12. The van der Waals surface area contributed by atoms with Gasteiger partial charge in [-0.25, -0.2) is 0 Å². The number of piperidine rings is 1. The maximum atomic E-state index is 13.1. The monoisotopic (exact) mass is 457 g/mol. The molecular weight excluding hydrogens is 422 g/mol. The summed E-state index contributed by atoms with van der Waals surface area (Å²) < 4.78 is 11.5. The van der Waals surface area contributed by atoms with Crippen molar-refractivity contribution in [1.29, 1.82) is 0 Å². The highest BCUT2D eigenvalue weighted by molar-refractivity contribution is 5.84. The van der Waals surface area contributed by atoms with Gasteiger partial charge < -0.3 is 24.2 Å². The van der Waals surface area contributed by atoms with Crippen molar-refractivity contribution in [2.45, 2.75) is 39.2 Å². The van der Waals surface area contributed by atoms with Crippen molar-refractivity contribution in [2.75, 3.05) is 52.5 Å². The molecule has 0 aromatic heterocycles. The van der Waals surface area contributed by atoms with E-state index in [-0.39, 0.29) is 36.1 Å². The molecule has 180 valence electrons. The molecule has 0 aliphatic carbocycles. The zero-order valence-corrected chi connectivity index (χ0v) is 19.5. The molecule has 3 aliphatic rings. The van der Waals surface area contributed by atoms with Crippen LogP contribution in [0.25, 0.3) is 0 Å². The Hall–Kier alpha value is -2.61. The molecule has 8 nitrogen and oxygen atoms in total. The van der Waals surface area contributed by atoms with Crippen LogP contribution in [-0.4, -0.2) is 85.0 Å². The lowest BCUT2D eigenvalue weighted by Gasteiger charge is -2.40. The van der Waals surface area contributed by atoms with Crippen LogP contribution in [0, 0.1) is 11.8 Å². The van der Waals surface area contributed by atoms with E-state index in [9.17, 15) is 14.4 Å². The standard InChI is InChI=1S/C25H35N3O5/c1-19(29)28-17-22-5-2-3-7-23(22)33-12-4-6-21-16-27(25(31)18-28)9-8-20(21)15-24(30)26-10-13-32-14-11-26/h2-3,5,7,20-21H,4,6,8-18H2,1H3/t20-,21-/m0/s1. The Balaban J connectivity index is 1.48. The van der Waals surface area contributed by atoms with Crippen molar-refractivity contribution in [3.8, 4) is 5.75 Å². The second kappa shape index (κ2) is 11.0. The lowest BCUT2D eigenvalue weighted by Crippen LogP contribution is -2.49. The second-order valence-corrected chi connectivity index (χ2v) is 9.32. The van der Waals surface area contributed by atoms with Crippen molar-refractivity contribution in [3.05, 3.63) is 29.8 Å². The van der Waals surface area contributed by atoms with Gasteiger partial charge in [-0.2, -0.15) is 0 Å². The summed E-state index contributed by atoms with van der Waals surface area (Å²) in [6.45, 7) is 6.30. The Morgan fingerprint density at radius 1 is 1.00 bits per heavy atom. The van der Waals surface area contributed by atoms with Crippen molar-refractivity contribution in [1.82, 2.24) is 14.7 Å². The summed E-state index contributed by atoms with van der Waals surface area (Å²) in [5.41, 5.74) is 0.909. The summed E-state index contributed by atoms with van der Waals surface area (Å²) in [4.78, 5) is 43.7. The molecule has 0 saturated carbocycles. The molecule has 3 heterocycles. The average molecular weight is 458 g/mol. The SMILES string of the molecule is CC(=O)N1CC(=O)N2CC[C@@H](CC(=O)N3CCOCC3)[C@@H](CCCOc3ccccc3C1)C2. The number of benzene rings is 1. The largest absolute Gasteiger partial charge is 0.493 e. The van der Waals surface area contributed by atoms with Gasteiger partial charge in [0.15, 0.2) is 0 Å². The highest BCUT2D eigenvalue weighted by Gasteiger charge is 2.34. The number of fused-ring (bicyclic) bond motifs is 3. The zero-order chi connectivity index (χ0) is 23.2. The first-order valence-corrected chi connectivity index (χ1v) is 12.1. The van der Waals surface area contributed by atoms with Gasteiger partial charge in [0.05, 0.1) is 19.8 Å². The van der Waals surface area contributed by atoms with E-state index in [1.807, 2.05) is 34.1 Å². The molecule has 1 aromatic rings. The summed E-state index contributed by atoms with van der Waals surface area (Å²) in [6.07, 6.45) is 3.10. The quantitative estimate of drug-likeness (QED) is 0.678. The van der Waals surface area contributed by atoms with Crippen molar-refractivity contribution < 1.29 is 23.9 Å². The third-order valence-electron chi connectivity index (χ3n) is 7.13. The van der Waals surface area contributed by atoms with Crippen LogP contribution in [0.3, 0.4) is 0 Å². The first-order chi connectivity index (χ1) is 16.0. The molecule has 2 saturated heterocycles. The molecule has 1 aromatic carbocycles. The number of morpholine rings is 1. The predicted molar refractivity (Wildman–Crippen MR) is 122 cm³/mol. The third-order valence-corrected chi connectivity index (χ3v) is 7.13. The molecule has 33 heavy (non-hydrogen) atoms. The maximum Gasteiger partial charge on any atom is 0.242 e. The van der Waals surface area contributed by atoms with E-state index < -0.39 is 0 Å². The van der Waals surface area contributed by atoms with E-state index in [0.29, 0.717) is 59.0 Å². The number of ether oxygens (including phenoxy) is 2. The number of hydrogen-bond donors (Lipinski definition) is 0. The number of carbonyl (C=O) groups is 3. The van der Waals surface area contributed by atoms with Crippen LogP contribution >= 0.6 is 0 Å². The summed E-state index contributed by atoms with van der Waals surface area (Å²) in [5.74, 6) is 1.31. The minimum Gasteiger partial charge on any atom is -0.493 e. The van der Waals surface area contributed by atoms with Crippen molar-refractivity contribution >= 4 is 17.7 Å². The minimum absolute atomic E-state index is 0.0224. The first-order valence-electron chi connectivity index (χ1n) is 12.1. The normalized spacial score (nSPS) is 24.6. The Kier molecular flexibility index (Phi) is 7.85. The smallest absolute Gasteiger partial charge is 0.242 e. The molecule has 3 amide bonds. The average Bonchev–Trinajstić information content (AvgIpc) is 2.83. The van der Waals surface area contributed by atoms with Gasteiger partial charge >= 0.3 is 0 Å². The Morgan fingerprint density at radius 2 is 1.79 bits per heavy atom. The molecule has 0 spiro atoms. The highest BCUT2D eigenvalue weighted by Crippen LogP contribution is 2.32. The molecule has 0 N–H and O–H groups in total. The molecule has 2 bridgehead atoms. The predicted octanol–water partition coefficient (Wildman–Crippen LogP) is 1.92. The molecule has 0 radical (unpaired) electrons. The van der Waals surface area contributed by atoms with Gasteiger partial charge in [0.1, 0.15) is 12.3 Å². The zero-order valence-electron chi connectivity index (χ0n) is 19.5. The maximum absolute atomic E-state index is 13.1. The lowest BCUT2D eigenvalue weighted by atomic mass is 9.80. The number of para-hydroxylation sites is 1. The van der Waals surface area contributed by atoms with Crippen LogP contribution in [0.1, 0.15) is 38.2 Å². The summed E-state index contributed by atoms with van der Waals surface area (Å²) in [5, 5.41) is 0. The van der Waals surface area contributed by atoms with E-state index in [1.165, 1.54) is 6.92 Å². The van der Waals surface area contributed by atoms with Crippen LogP contribution < -0.4 is 4.74 Å². The highest BCUT2D eigenvalue weighted by atomic mass is 16.5. The van der Waals surface area contributed by atoms with Crippen LogP contribution in [-0.2, 0) is 25.7 Å². The summed E-state index contributed by atoms with van der Waals surface area (Å²) in [6, 6.07) is 7.71. The number of carbonyl (C=O) groups excluding carboxylic acids is 3. The summed E-state index contributed by atoms with van der Waals surface area (Å²) >= 11 is 0. The molecule has 4 rings (SSSR count). The third kappa shape index (κ3) is 6.05. The molecule has 2 fully saturated rings. The van der Waals surface area contributed by atoms with Gasteiger partial charge in [0.2, 0.25) is 17.7 Å². The van der Waals surface area contributed by atoms with Gasteiger partial charge in [-0.3, -0.25) is 14.4 Å². The molecule has 2 atom stereocenters. The van der Waals surface area contributed by atoms with Gasteiger partial charge in [-0.1, -0.05) is 18.2 Å². The molecule has 0 unspecified atom stereocenters. The van der Waals surface area contributed by atoms with Crippen LogP contribution in [0.4, 0.5) is 0 Å². The number of amides is 3. The topological polar surface area (TPSA) is 79.4 Å². The van der Waals surface area contributed by atoms with Gasteiger partial charge in [0, 0.05) is 51.6 Å². The van der Waals surface area contributed by atoms with E-state index in [2.05, 4.69) is 0 Å². The first kappa shape index (κ1) is 23.5. The van der Waals surface area contributed by atoms with E-state index in [0.717, 1.165) is 30.6 Å². The van der Waals surface area contributed by atoms with Crippen molar-refractivity contribution in [3.63, 3.8) is 0 Å². The summed E-state index contributed by atoms with van der Waals surface area (Å²) in [7, 11) is 0. The van der Waals surface area contributed by atoms with Crippen molar-refractivity contribution in [2.24, 2.45) is 11.8 Å². The Labute approximate surface area is 195 Å². The van der Waals surface area contributed by atoms with Gasteiger partial charge in [0.25, 0.3) is 0 Å². The fourth-order valence-corrected chi connectivity index (χ4v) is 5.12. The number of nitrogens with zero attached hydrogens (tertiary/aromatic N) is 3. The van der Waals surface area contributed by atoms with E-state index in [1.54, 1.807) is 4.90 Å². The minimum atomic E-state index is -0.129. The molecule has 3 aliphatic heterocycles. The van der Waals surface area contributed by atoms with Gasteiger partial charge in [-0.05, 0) is 37.2 Å². The van der Waals surface area contributed by atoms with E-state index >= 15 is 0 Å². The van der Waals surface area contributed by atoms with Crippen LogP contribution in [0.2, 0.25) is 0 Å². The Morgan fingerprint density at radius 3 is 2.58 bits per heavy atom. The molecule has 8 heteroatoms. The second-order valence-electron chi connectivity index (χ2n) is 9.32. The van der Waals surface area contributed by atoms with Crippen LogP contribution in [0.15, 0.2) is 24.3 Å². The molecular formula is C25H35N3O5. The number of hydrogen-bond acceptors (Lipinski definition) is 5. The van der Waals surface area contributed by atoms with Crippen LogP contribution in [0.5, 0.6) is 5.75 Å².